The molecule has 0 bridgehead atoms. The third-order valence-electron chi connectivity index (χ3n) is 10.6. The van der Waals surface area contributed by atoms with Gasteiger partial charge in [-0.2, -0.15) is 0 Å². The third-order valence-corrected chi connectivity index (χ3v) is 11.3. The van der Waals surface area contributed by atoms with Crippen LogP contribution in [0.15, 0.2) is 211 Å². The molecule has 0 amide bonds. The lowest BCUT2D eigenvalue weighted by atomic mass is 9.77. The van der Waals surface area contributed by atoms with Crippen LogP contribution in [0.2, 0.25) is 0 Å². The van der Waals surface area contributed by atoms with E-state index in [1.165, 1.54) is 11.3 Å². The van der Waals surface area contributed by atoms with E-state index in [-0.39, 0.29) is 23.8 Å². The SMILES string of the molecule is O=C(O)C(=NOCCNC(c1ccccc1)(c1ccccc1)c1ccccc1)c1csc(NC(c2ccccc2)(c2ccccc2)c2ccccc2)n1.Oc1cccc2[nH]nnc12. The number of hydrogen-bond donors (Lipinski definition) is 5. The van der Waals surface area contributed by atoms with Gasteiger partial charge in [-0.15, -0.1) is 16.4 Å². The van der Waals surface area contributed by atoms with Crippen LogP contribution in [0.4, 0.5) is 5.13 Å². The number of aromatic nitrogens is 4. The Labute approximate surface area is 368 Å². The van der Waals surface area contributed by atoms with Crippen molar-refractivity contribution in [2.75, 3.05) is 18.5 Å². The molecule has 0 aliphatic carbocycles. The summed E-state index contributed by atoms with van der Waals surface area (Å²) in [5.74, 6) is -1.08. The number of nitrogens with zero attached hydrogens (tertiary/aromatic N) is 4. The Bertz CT molecular complexity index is 2670. The molecule has 0 saturated heterocycles. The van der Waals surface area contributed by atoms with E-state index in [1.807, 2.05) is 109 Å². The van der Waals surface area contributed by atoms with E-state index >= 15 is 0 Å². The largest absolute Gasteiger partial charge is 0.506 e. The maximum Gasteiger partial charge on any atom is 0.360 e. The number of carboxylic acids is 1. The minimum Gasteiger partial charge on any atom is -0.506 e. The zero-order valence-corrected chi connectivity index (χ0v) is 34.8. The molecule has 0 saturated carbocycles. The van der Waals surface area contributed by atoms with E-state index in [4.69, 9.17) is 14.9 Å². The predicted molar refractivity (Wildman–Crippen MR) is 248 cm³/mol. The number of carbonyl (C=O) groups is 1. The molecular weight excluding hydrogens is 807 g/mol. The fraction of sp³-hybridized carbons (Fsp3) is 0.0784. The van der Waals surface area contributed by atoms with Gasteiger partial charge in [0.25, 0.3) is 0 Å². The number of phenols is 1. The number of carboxylic acid groups (broad SMARTS) is 1. The summed E-state index contributed by atoms with van der Waals surface area (Å²) in [5.41, 5.74) is 5.90. The van der Waals surface area contributed by atoms with Crippen molar-refractivity contribution < 1.29 is 19.8 Å². The van der Waals surface area contributed by atoms with Gasteiger partial charge >= 0.3 is 5.97 Å². The standard InChI is InChI=1S/C45H38N4O3S.C6H5N3O/c50-42(51)41(49-52-32-31-46-44(34-19-7-1-8-20-34,35-21-9-2-10-22-35)36-23-11-3-12-24-36)40-33-53-43(47-40)48-45(37-25-13-4-14-26-37,38-27-15-5-16-28-38)39-29-17-6-18-30-39;10-5-3-1-2-4-6(5)8-9-7-4/h1-30,33,46H,31-32H2,(H,47,48)(H,50,51);1-3,10H,(H,7,8,9). The number of phenolic OH excluding ortho intramolecular Hbond substituents is 1. The topological polar surface area (TPSA) is 158 Å². The molecule has 9 aromatic rings. The van der Waals surface area contributed by atoms with Crippen molar-refractivity contribution in [1.82, 2.24) is 25.7 Å². The normalized spacial score (nSPS) is 11.7. The van der Waals surface area contributed by atoms with E-state index < -0.39 is 17.0 Å². The molecule has 5 N–H and O–H groups in total. The summed E-state index contributed by atoms with van der Waals surface area (Å²) >= 11 is 1.31. The molecule has 0 fully saturated rings. The predicted octanol–water partition coefficient (Wildman–Crippen LogP) is 9.60. The van der Waals surface area contributed by atoms with Crippen molar-refractivity contribution in [3.8, 4) is 5.75 Å². The summed E-state index contributed by atoms with van der Waals surface area (Å²) in [6.07, 6.45) is 0. The lowest BCUT2D eigenvalue weighted by Crippen LogP contribution is -2.46. The molecule has 0 radical (unpaired) electrons. The van der Waals surface area contributed by atoms with Crippen LogP contribution in [0.5, 0.6) is 5.75 Å². The minimum absolute atomic E-state index is 0.111. The number of aliphatic carboxylic acids is 1. The molecule has 312 valence electrons. The third kappa shape index (κ3) is 9.08. The molecule has 0 aliphatic heterocycles. The maximum absolute atomic E-state index is 12.6. The fourth-order valence-corrected chi connectivity index (χ4v) is 8.45. The zero-order chi connectivity index (χ0) is 43.3. The molecule has 12 heteroatoms. The molecule has 9 rings (SSSR count). The van der Waals surface area contributed by atoms with Crippen LogP contribution in [0.25, 0.3) is 11.0 Å². The number of aromatic amines is 1. The van der Waals surface area contributed by atoms with Crippen molar-refractivity contribution in [2.45, 2.75) is 11.1 Å². The number of rotatable bonds is 15. The van der Waals surface area contributed by atoms with Crippen LogP contribution in [0, 0.1) is 0 Å². The molecule has 7 aromatic carbocycles. The monoisotopic (exact) mass is 849 g/mol. The number of aromatic hydroxyl groups is 1. The van der Waals surface area contributed by atoms with E-state index in [0.29, 0.717) is 17.2 Å². The highest BCUT2D eigenvalue weighted by Crippen LogP contribution is 2.41. The summed E-state index contributed by atoms with van der Waals surface area (Å²) in [5, 5.41) is 43.0. The van der Waals surface area contributed by atoms with Crippen LogP contribution in [0.3, 0.4) is 0 Å². The Morgan fingerprint density at radius 1 is 0.619 bits per heavy atom. The molecule has 0 spiro atoms. The summed E-state index contributed by atoms with van der Waals surface area (Å²) < 4.78 is 0. The first-order valence-corrected chi connectivity index (χ1v) is 21.1. The number of nitrogens with one attached hydrogen (secondary N) is 3. The lowest BCUT2D eigenvalue weighted by Gasteiger charge is -2.37. The summed E-state index contributed by atoms with van der Waals surface area (Å²) in [6.45, 7) is 0.478. The summed E-state index contributed by atoms with van der Waals surface area (Å²) in [4.78, 5) is 23.0. The van der Waals surface area contributed by atoms with Crippen LogP contribution in [-0.4, -0.2) is 55.4 Å². The van der Waals surface area contributed by atoms with Crippen molar-refractivity contribution in [1.29, 1.82) is 0 Å². The van der Waals surface area contributed by atoms with E-state index in [1.54, 1.807) is 23.6 Å². The van der Waals surface area contributed by atoms with Gasteiger partial charge in [0.15, 0.2) is 10.6 Å². The minimum atomic E-state index is -1.23. The van der Waals surface area contributed by atoms with Crippen molar-refractivity contribution in [2.24, 2.45) is 5.16 Å². The molecule has 2 aromatic heterocycles. The first kappa shape index (κ1) is 41.8. The van der Waals surface area contributed by atoms with Gasteiger partial charge in [0.1, 0.15) is 23.6 Å². The first-order valence-electron chi connectivity index (χ1n) is 20.2. The van der Waals surface area contributed by atoms with Crippen molar-refractivity contribution in [3.05, 3.63) is 245 Å². The molecule has 63 heavy (non-hydrogen) atoms. The van der Waals surface area contributed by atoms with E-state index in [9.17, 15) is 9.90 Å². The molecule has 0 aliphatic rings. The van der Waals surface area contributed by atoms with Gasteiger partial charge in [-0.25, -0.2) is 9.78 Å². The zero-order valence-electron chi connectivity index (χ0n) is 34.0. The number of fused-ring (bicyclic) bond motifs is 1. The number of H-pyrrole nitrogens is 1. The molecule has 11 nitrogen and oxygen atoms in total. The van der Waals surface area contributed by atoms with Crippen LogP contribution >= 0.6 is 11.3 Å². The number of thiazole rings is 1. The highest BCUT2D eigenvalue weighted by molar-refractivity contribution is 7.14. The average Bonchev–Trinajstić information content (AvgIpc) is 4.03. The number of oxime groups is 1. The second-order valence-electron chi connectivity index (χ2n) is 14.3. The van der Waals surface area contributed by atoms with Crippen LogP contribution < -0.4 is 10.6 Å². The molecule has 0 unspecified atom stereocenters. The lowest BCUT2D eigenvalue weighted by molar-refractivity contribution is -0.129. The van der Waals surface area contributed by atoms with Crippen LogP contribution in [-0.2, 0) is 20.7 Å². The summed E-state index contributed by atoms with van der Waals surface area (Å²) in [6, 6.07) is 66.4. The second kappa shape index (κ2) is 19.6. The maximum atomic E-state index is 12.6. The van der Waals surface area contributed by atoms with Crippen molar-refractivity contribution in [3.63, 3.8) is 0 Å². The quantitative estimate of drug-likeness (QED) is 0.0293. The van der Waals surface area contributed by atoms with Gasteiger partial charge in [0.2, 0.25) is 5.71 Å². The highest BCUT2D eigenvalue weighted by atomic mass is 32.1. The average molecular weight is 850 g/mol. The molecular formula is C51H43N7O4S. The van der Waals surface area contributed by atoms with Gasteiger partial charge in [0.05, 0.1) is 11.1 Å². The van der Waals surface area contributed by atoms with Gasteiger partial charge in [-0.1, -0.05) is 198 Å². The fourth-order valence-electron chi connectivity index (χ4n) is 7.70. The van der Waals surface area contributed by atoms with Gasteiger partial charge < -0.3 is 20.4 Å². The highest BCUT2D eigenvalue weighted by Gasteiger charge is 2.38. The molecule has 0 atom stereocenters. The number of anilines is 1. The van der Waals surface area contributed by atoms with Crippen molar-refractivity contribution >= 4 is 39.2 Å². The second-order valence-corrected chi connectivity index (χ2v) is 15.2. The Kier molecular flexibility index (Phi) is 13.0. The number of benzene rings is 7. The Hall–Kier alpha value is -7.93. The van der Waals surface area contributed by atoms with Gasteiger partial charge in [-0.3, -0.25) is 10.4 Å². The van der Waals surface area contributed by atoms with E-state index in [2.05, 4.69) is 104 Å². The smallest absolute Gasteiger partial charge is 0.360 e. The molecule has 2 heterocycles. The summed E-state index contributed by atoms with van der Waals surface area (Å²) in [7, 11) is 0. The van der Waals surface area contributed by atoms with Gasteiger partial charge in [-0.05, 0) is 45.5 Å². The first-order chi connectivity index (χ1) is 31.0. The van der Waals surface area contributed by atoms with E-state index in [0.717, 1.165) is 38.9 Å². The number of hydrogen-bond acceptors (Lipinski definition) is 10. The van der Waals surface area contributed by atoms with Gasteiger partial charge in [0, 0.05) is 11.9 Å². The Morgan fingerprint density at radius 2 is 1.06 bits per heavy atom. The van der Waals surface area contributed by atoms with Crippen LogP contribution in [0.1, 0.15) is 39.1 Å². The Morgan fingerprint density at radius 3 is 1.49 bits per heavy atom. The Balaban J connectivity index is 0.000000475.